The van der Waals surface area contributed by atoms with E-state index < -0.39 is 0 Å². The maximum atomic E-state index is 5.16. The zero-order chi connectivity index (χ0) is 57.6. The Morgan fingerprint density at radius 3 is 1.26 bits per heavy atom. The average Bonchev–Trinajstić information content (AvgIpc) is 4.44. The molecular formula is C71H67NO5S5. The Kier molecular flexibility index (Phi) is 25.4. The molecule has 6 nitrogen and oxygen atoms in total. The predicted octanol–water partition coefficient (Wildman–Crippen LogP) is 21.3. The van der Waals surface area contributed by atoms with E-state index in [2.05, 4.69) is 198 Å². The monoisotopic (exact) mass is 1170 g/mol. The van der Waals surface area contributed by atoms with E-state index in [0.717, 1.165) is 34.1 Å². The molecular weight excluding hydrogens is 1110 g/mol. The molecule has 11 rings (SSSR count). The first-order chi connectivity index (χ1) is 40.1. The molecule has 0 saturated heterocycles. The Morgan fingerprint density at radius 2 is 0.841 bits per heavy atom. The zero-order valence-corrected chi connectivity index (χ0v) is 51.2. The van der Waals surface area contributed by atoms with Gasteiger partial charge in [-0.1, -0.05) is 115 Å². The van der Waals surface area contributed by atoms with Gasteiger partial charge < -0.3 is 28.3 Å². The van der Waals surface area contributed by atoms with Crippen molar-refractivity contribution in [3.05, 3.63) is 274 Å². The molecule has 0 bridgehead atoms. The average molecular weight is 1170 g/mol. The normalized spacial score (nSPS) is 10.9. The van der Waals surface area contributed by atoms with Gasteiger partial charge in [0.05, 0.1) is 41.0 Å². The number of rotatable bonds is 16. The minimum absolute atomic E-state index is 0.871. The number of aryl methyl sites for hydroxylation is 1. The van der Waals surface area contributed by atoms with E-state index in [1.165, 1.54) is 63.5 Å². The van der Waals surface area contributed by atoms with Gasteiger partial charge in [-0.25, -0.2) is 0 Å². The van der Waals surface area contributed by atoms with E-state index >= 15 is 0 Å². The molecule has 6 heterocycles. The molecule has 0 unspecified atom stereocenters. The van der Waals surface area contributed by atoms with Gasteiger partial charge in [-0.15, -0.1) is 45.3 Å². The zero-order valence-electron chi connectivity index (χ0n) is 47.1. The second-order valence-corrected chi connectivity index (χ2v) is 22.8. The lowest BCUT2D eigenvalue weighted by Crippen LogP contribution is -2.07. The second kappa shape index (κ2) is 34.0. The molecule has 0 amide bonds. The molecule has 82 heavy (non-hydrogen) atoms. The summed E-state index contributed by atoms with van der Waals surface area (Å²) in [6.07, 6.45) is 24.4. The molecule has 0 saturated carbocycles. The highest BCUT2D eigenvalue weighted by atomic mass is 32.1. The Balaban J connectivity index is 0.000000148. The number of benzene rings is 5. The molecule has 0 spiro atoms. The van der Waals surface area contributed by atoms with Crippen LogP contribution in [0.4, 0.5) is 5.69 Å². The van der Waals surface area contributed by atoms with Gasteiger partial charge in [-0.2, -0.15) is 11.3 Å². The van der Waals surface area contributed by atoms with Gasteiger partial charge in [0.25, 0.3) is 0 Å². The van der Waals surface area contributed by atoms with E-state index in [1.807, 2.05) is 102 Å². The van der Waals surface area contributed by atoms with Crippen LogP contribution in [0.15, 0.2) is 220 Å². The lowest BCUT2D eigenvalue weighted by molar-refractivity contribution is 0.414. The number of anilines is 1. The number of hydrogen-bond donors (Lipinski definition) is 0. The van der Waals surface area contributed by atoms with Crippen molar-refractivity contribution in [2.75, 3.05) is 47.4 Å². The van der Waals surface area contributed by atoms with Gasteiger partial charge in [0, 0.05) is 49.7 Å². The molecule has 0 fully saturated rings. The smallest absolute Gasteiger partial charge is 0.118 e. The van der Waals surface area contributed by atoms with Crippen LogP contribution in [0.5, 0.6) is 23.0 Å². The van der Waals surface area contributed by atoms with Gasteiger partial charge in [0.2, 0.25) is 0 Å². The molecule has 0 N–H and O–H groups in total. The van der Waals surface area contributed by atoms with E-state index in [1.54, 1.807) is 86.3 Å². The molecule has 0 aliphatic carbocycles. The number of hydrogen-bond acceptors (Lipinski definition) is 11. The summed E-state index contributed by atoms with van der Waals surface area (Å²) < 4.78 is 25.4. The molecule has 0 radical (unpaired) electrons. The largest absolute Gasteiger partial charge is 0.497 e. The highest BCUT2D eigenvalue weighted by Crippen LogP contribution is 2.32. The number of nitrogens with zero attached hydrogens (tertiary/aromatic N) is 1. The lowest BCUT2D eigenvalue weighted by atomic mass is 10.2. The number of furan rings is 1. The van der Waals surface area contributed by atoms with Crippen molar-refractivity contribution in [2.24, 2.45) is 0 Å². The van der Waals surface area contributed by atoms with Crippen molar-refractivity contribution in [3.8, 4) is 32.8 Å². The van der Waals surface area contributed by atoms with Gasteiger partial charge in [-0.3, -0.25) is 0 Å². The summed E-state index contributed by atoms with van der Waals surface area (Å²) in [5, 5.41) is 10.6. The summed E-state index contributed by atoms with van der Waals surface area (Å²) in [5.74, 6) is 3.54. The molecule has 6 aromatic heterocycles. The first-order valence-electron chi connectivity index (χ1n) is 26.2. The van der Waals surface area contributed by atoms with Crippen LogP contribution >= 0.6 is 56.7 Å². The Hall–Kier alpha value is -8.42. The third kappa shape index (κ3) is 21.6. The lowest BCUT2D eigenvalue weighted by Gasteiger charge is -2.11. The highest BCUT2D eigenvalue weighted by Gasteiger charge is 2.02. The fraction of sp³-hybridized carbons (Fsp3) is 0.0986. The number of ether oxygens (including phenoxy) is 4. The molecule has 5 aromatic carbocycles. The van der Waals surface area contributed by atoms with Crippen molar-refractivity contribution < 1.29 is 23.4 Å². The quantitative estimate of drug-likeness (QED) is 0.0961. The summed E-state index contributed by atoms with van der Waals surface area (Å²) in [7, 11) is 10.8. The van der Waals surface area contributed by atoms with E-state index in [-0.39, 0.29) is 0 Å². The fourth-order valence-corrected chi connectivity index (χ4v) is 11.1. The van der Waals surface area contributed by atoms with Crippen molar-refractivity contribution >= 4 is 123 Å². The van der Waals surface area contributed by atoms with Crippen molar-refractivity contribution in [3.63, 3.8) is 0 Å². The molecule has 416 valence electrons. The first-order valence-corrected chi connectivity index (χ1v) is 30.6. The van der Waals surface area contributed by atoms with Crippen LogP contribution in [0.1, 0.15) is 59.1 Å². The maximum absolute atomic E-state index is 5.16. The maximum Gasteiger partial charge on any atom is 0.118 e. The minimum atomic E-state index is 0.871. The Labute approximate surface area is 504 Å². The second-order valence-electron chi connectivity index (χ2n) is 18.1. The topological polar surface area (TPSA) is 53.3 Å². The predicted molar refractivity (Wildman–Crippen MR) is 361 cm³/mol. The molecule has 0 atom stereocenters. The van der Waals surface area contributed by atoms with Crippen molar-refractivity contribution in [1.29, 1.82) is 0 Å². The van der Waals surface area contributed by atoms with Crippen LogP contribution in [0.25, 0.3) is 70.5 Å². The van der Waals surface area contributed by atoms with Gasteiger partial charge in [0.15, 0.2) is 0 Å². The fourth-order valence-electron chi connectivity index (χ4n) is 7.32. The van der Waals surface area contributed by atoms with Crippen molar-refractivity contribution in [1.82, 2.24) is 0 Å². The summed E-state index contributed by atoms with van der Waals surface area (Å²) in [6, 6.07) is 59.6. The third-order valence-corrected chi connectivity index (χ3v) is 16.6. The Bertz CT molecular complexity index is 3510. The van der Waals surface area contributed by atoms with E-state index in [9.17, 15) is 0 Å². The third-order valence-electron chi connectivity index (χ3n) is 11.9. The summed E-state index contributed by atoms with van der Waals surface area (Å²) in [4.78, 5) is 8.61. The molecule has 11 heteroatoms. The van der Waals surface area contributed by atoms with Crippen LogP contribution in [-0.4, -0.2) is 42.5 Å². The first kappa shape index (κ1) is 61.2. The van der Waals surface area contributed by atoms with Crippen molar-refractivity contribution in [2.45, 2.75) is 6.92 Å². The van der Waals surface area contributed by atoms with Gasteiger partial charge in [-0.05, 0) is 194 Å². The van der Waals surface area contributed by atoms with Crippen LogP contribution in [0.3, 0.4) is 0 Å². The standard InChI is InChI=1S/C17H14OS2.C14H15NS.C14H14OS.C13H12O2.C13H12OS/c1-18-14-7-4-13(5-8-14)6-9-15-10-11-17(20-15)16-3-2-12-19-16;1-15(2)13-8-5-12(6-9-13)7-10-14-4-3-11-16-14;1-11-9-14(16-10-11)8-5-12-3-6-13(15-2)7-4-12;2*1-14-13-6-4-11(5-7-13)2-3-12-8-9-15-10-12/h2-12H,1H3;3-11H,1-2H3;3-10H,1-2H3;2*2-10H,1H3/b9-6+;10-7+;8-5+;2*3-2+. The number of thiophene rings is 5. The molecule has 0 aliphatic rings. The molecule has 11 aromatic rings. The SMILES string of the molecule is CN(C)c1ccc(/C=C/c2cccs2)cc1.COc1ccc(/C=C/c2cc(C)cs2)cc1.COc1ccc(/C=C/c2ccc(-c3cccs3)s2)cc1.COc1ccc(/C=C/c2ccoc2)cc1.COc1ccc(/C=C/c2ccsc2)cc1. The van der Waals surface area contributed by atoms with E-state index in [4.69, 9.17) is 23.4 Å². The summed E-state index contributed by atoms with van der Waals surface area (Å²) >= 11 is 8.83. The summed E-state index contributed by atoms with van der Waals surface area (Å²) in [6.45, 7) is 2.11. The van der Waals surface area contributed by atoms with E-state index in [0.29, 0.717) is 0 Å². The Morgan fingerprint density at radius 1 is 0.378 bits per heavy atom. The highest BCUT2D eigenvalue weighted by molar-refractivity contribution is 7.21. The summed E-state index contributed by atoms with van der Waals surface area (Å²) in [5.41, 5.74) is 10.8. The minimum Gasteiger partial charge on any atom is -0.497 e. The van der Waals surface area contributed by atoms with Crippen LogP contribution in [0.2, 0.25) is 0 Å². The van der Waals surface area contributed by atoms with Gasteiger partial charge >= 0.3 is 0 Å². The van der Waals surface area contributed by atoms with Crippen LogP contribution in [-0.2, 0) is 0 Å². The van der Waals surface area contributed by atoms with Crippen LogP contribution in [0, 0.1) is 6.92 Å². The number of methoxy groups -OCH3 is 4. The van der Waals surface area contributed by atoms with Gasteiger partial charge in [0.1, 0.15) is 23.0 Å². The molecule has 0 aliphatic heterocycles. The van der Waals surface area contributed by atoms with Crippen LogP contribution < -0.4 is 23.8 Å².